The fourth-order valence-corrected chi connectivity index (χ4v) is 3.85. The molecule has 0 spiro atoms. The summed E-state index contributed by atoms with van der Waals surface area (Å²) in [4.78, 5) is 38.5. The molecular weight excluding hydrogens is 402 g/mol. The van der Waals surface area contributed by atoms with Crippen LogP contribution < -0.4 is 15.0 Å². The number of benzene rings is 1. The number of nitrogens with zero attached hydrogens (tertiary/aromatic N) is 2. The molecule has 0 bridgehead atoms. The molecule has 0 aliphatic carbocycles. The Bertz CT molecular complexity index is 1040. The van der Waals surface area contributed by atoms with Crippen molar-refractivity contribution in [3.8, 4) is 0 Å². The molecule has 1 aromatic heterocycles. The molecule has 2 atom stereocenters. The molecule has 3 heterocycles. The maximum Gasteiger partial charge on any atom is 0.287 e. The van der Waals surface area contributed by atoms with E-state index in [1.54, 1.807) is 53.4 Å². The van der Waals surface area contributed by atoms with Crippen LogP contribution in [-0.2, 0) is 36.8 Å². The number of amides is 2. The van der Waals surface area contributed by atoms with E-state index >= 15 is 0 Å². The summed E-state index contributed by atoms with van der Waals surface area (Å²) >= 11 is 0. The van der Waals surface area contributed by atoms with Crippen molar-refractivity contribution in [3.05, 3.63) is 77.8 Å². The van der Waals surface area contributed by atoms with Gasteiger partial charge in [0.15, 0.2) is 25.2 Å². The normalized spacial score (nSPS) is 22.5. The van der Waals surface area contributed by atoms with Crippen molar-refractivity contribution in [2.75, 3.05) is 13.7 Å². The standard InChI is InChI=1S/C22H21N3O6/c1-30-22(23-17(26)12-15-8-4-2-5-9-15)20(29)25-18(19(27)28)16(14-31-21(22)25)13-24-10-6-3-7-11-24/h2-11,21H,12-14H2,1H3,(H-,23,26,27,28)/t21-,22+/m1/s1. The highest BCUT2D eigenvalue weighted by molar-refractivity contribution is 6.02. The average Bonchev–Trinajstić information content (AvgIpc) is 2.78. The number of rotatable bonds is 7. The maximum atomic E-state index is 13.0. The van der Waals surface area contributed by atoms with Crippen LogP contribution in [0.3, 0.4) is 0 Å². The van der Waals surface area contributed by atoms with E-state index in [0.717, 1.165) is 10.5 Å². The van der Waals surface area contributed by atoms with E-state index in [1.165, 1.54) is 7.11 Å². The summed E-state index contributed by atoms with van der Waals surface area (Å²) in [5.41, 5.74) is -0.918. The third kappa shape index (κ3) is 3.69. The van der Waals surface area contributed by atoms with E-state index in [4.69, 9.17) is 9.47 Å². The molecule has 9 heteroatoms. The minimum atomic E-state index is -1.79. The lowest BCUT2D eigenvalue weighted by Gasteiger charge is -2.56. The number of nitrogens with one attached hydrogen (secondary N) is 1. The third-order valence-corrected chi connectivity index (χ3v) is 5.31. The summed E-state index contributed by atoms with van der Waals surface area (Å²) < 4.78 is 12.9. The smallest absolute Gasteiger partial charge is 0.287 e. The predicted molar refractivity (Wildman–Crippen MR) is 103 cm³/mol. The Labute approximate surface area is 178 Å². The average molecular weight is 423 g/mol. The number of β-lactam (4-membered cyclic amide) rings is 1. The molecule has 31 heavy (non-hydrogen) atoms. The molecule has 2 aliphatic rings. The fraction of sp³-hybridized carbons (Fsp3) is 0.273. The van der Waals surface area contributed by atoms with Gasteiger partial charge in [0.2, 0.25) is 5.91 Å². The predicted octanol–water partition coefficient (Wildman–Crippen LogP) is -1.12. The first kappa shape index (κ1) is 20.7. The van der Waals surface area contributed by atoms with Crippen LogP contribution in [0.4, 0.5) is 0 Å². The van der Waals surface area contributed by atoms with Gasteiger partial charge in [-0.15, -0.1) is 0 Å². The zero-order valence-electron chi connectivity index (χ0n) is 16.8. The molecule has 0 radical (unpaired) electrons. The number of methoxy groups -OCH3 is 1. The Hall–Kier alpha value is -3.56. The number of fused-ring (bicyclic) bond motifs is 1. The lowest BCUT2D eigenvalue weighted by molar-refractivity contribution is -0.689. The van der Waals surface area contributed by atoms with Crippen LogP contribution in [0.25, 0.3) is 0 Å². The zero-order valence-corrected chi connectivity index (χ0v) is 16.8. The molecule has 1 fully saturated rings. The van der Waals surface area contributed by atoms with Crippen LogP contribution in [0.15, 0.2) is 72.2 Å². The van der Waals surface area contributed by atoms with Crippen LogP contribution >= 0.6 is 0 Å². The first-order valence-corrected chi connectivity index (χ1v) is 9.69. The Morgan fingerprint density at radius 1 is 1.23 bits per heavy atom. The highest BCUT2D eigenvalue weighted by Crippen LogP contribution is 2.40. The Kier molecular flexibility index (Phi) is 5.53. The SMILES string of the molecule is CO[C@@]1(NC(=O)Cc2ccccc2)C(=O)N2C(C(=O)[O-])=C(C[n+]3ccccc3)CO[C@@H]21. The number of aromatic nitrogens is 1. The summed E-state index contributed by atoms with van der Waals surface area (Å²) in [5.74, 6) is -2.67. The van der Waals surface area contributed by atoms with Crippen LogP contribution in [0, 0.1) is 0 Å². The van der Waals surface area contributed by atoms with E-state index in [2.05, 4.69) is 5.32 Å². The van der Waals surface area contributed by atoms with Gasteiger partial charge in [-0.1, -0.05) is 36.4 Å². The van der Waals surface area contributed by atoms with Crippen molar-refractivity contribution in [1.82, 2.24) is 10.2 Å². The van der Waals surface area contributed by atoms with E-state index in [0.29, 0.717) is 5.57 Å². The topological polar surface area (TPSA) is 112 Å². The van der Waals surface area contributed by atoms with Gasteiger partial charge < -0.3 is 24.7 Å². The van der Waals surface area contributed by atoms with Gasteiger partial charge in [0.05, 0.1) is 24.7 Å². The van der Waals surface area contributed by atoms with Crippen molar-refractivity contribution >= 4 is 17.8 Å². The number of carboxylic acid groups (broad SMARTS) is 1. The van der Waals surface area contributed by atoms with Gasteiger partial charge in [-0.25, -0.2) is 4.57 Å². The molecule has 0 unspecified atom stereocenters. The van der Waals surface area contributed by atoms with E-state index in [1.807, 2.05) is 12.1 Å². The summed E-state index contributed by atoms with van der Waals surface area (Å²) in [7, 11) is 1.26. The Balaban J connectivity index is 1.57. The van der Waals surface area contributed by atoms with E-state index in [-0.39, 0.29) is 25.3 Å². The molecule has 2 aromatic rings. The molecule has 9 nitrogen and oxygen atoms in total. The highest BCUT2D eigenvalue weighted by Gasteiger charge is 2.66. The minimum Gasteiger partial charge on any atom is -0.543 e. The fourth-order valence-electron chi connectivity index (χ4n) is 3.85. The van der Waals surface area contributed by atoms with Gasteiger partial charge in [-0.2, -0.15) is 0 Å². The van der Waals surface area contributed by atoms with Gasteiger partial charge in [0, 0.05) is 24.8 Å². The van der Waals surface area contributed by atoms with Crippen molar-refractivity contribution < 1.29 is 33.5 Å². The van der Waals surface area contributed by atoms with Crippen LogP contribution in [-0.4, -0.2) is 48.4 Å². The molecule has 2 amide bonds. The van der Waals surface area contributed by atoms with Gasteiger partial charge in [0.1, 0.15) is 0 Å². The molecule has 1 aromatic carbocycles. The third-order valence-electron chi connectivity index (χ3n) is 5.31. The molecule has 4 rings (SSSR count). The first-order valence-electron chi connectivity index (χ1n) is 9.69. The second kappa shape index (κ2) is 8.29. The summed E-state index contributed by atoms with van der Waals surface area (Å²) in [6.07, 6.45) is 2.47. The summed E-state index contributed by atoms with van der Waals surface area (Å²) in [6, 6.07) is 14.5. The van der Waals surface area contributed by atoms with Crippen molar-refractivity contribution in [2.24, 2.45) is 0 Å². The van der Waals surface area contributed by atoms with Crippen molar-refractivity contribution in [1.29, 1.82) is 0 Å². The maximum absolute atomic E-state index is 13.0. The molecule has 1 N–H and O–H groups in total. The number of pyridine rings is 1. The van der Waals surface area contributed by atoms with Gasteiger partial charge in [-0.05, 0) is 5.56 Å². The number of ether oxygens (including phenoxy) is 2. The first-order chi connectivity index (χ1) is 15.0. The van der Waals surface area contributed by atoms with Crippen LogP contribution in [0.2, 0.25) is 0 Å². The largest absolute Gasteiger partial charge is 0.543 e. The second-order valence-electron chi connectivity index (χ2n) is 7.28. The quantitative estimate of drug-likeness (QED) is 0.343. The molecular formula is C22H21N3O6. The lowest BCUT2D eigenvalue weighted by Crippen LogP contribution is -2.83. The van der Waals surface area contributed by atoms with Crippen molar-refractivity contribution in [3.63, 3.8) is 0 Å². The molecule has 2 aliphatic heterocycles. The molecule has 1 saturated heterocycles. The number of hydrogen-bond donors (Lipinski definition) is 1. The summed E-state index contributed by atoms with van der Waals surface area (Å²) in [6.45, 7) is 0.153. The van der Waals surface area contributed by atoms with E-state index in [9.17, 15) is 19.5 Å². The Morgan fingerprint density at radius 3 is 2.55 bits per heavy atom. The van der Waals surface area contributed by atoms with Crippen LogP contribution in [0.1, 0.15) is 5.56 Å². The zero-order chi connectivity index (χ0) is 22.0. The Morgan fingerprint density at radius 2 is 1.90 bits per heavy atom. The second-order valence-corrected chi connectivity index (χ2v) is 7.28. The highest BCUT2D eigenvalue weighted by atomic mass is 16.6. The number of carbonyl (C=O) groups excluding carboxylic acids is 3. The van der Waals surface area contributed by atoms with Gasteiger partial charge in [0.25, 0.3) is 11.6 Å². The van der Waals surface area contributed by atoms with E-state index < -0.39 is 29.7 Å². The van der Waals surface area contributed by atoms with Crippen molar-refractivity contribution in [2.45, 2.75) is 24.9 Å². The molecule has 160 valence electrons. The van der Waals surface area contributed by atoms with Gasteiger partial charge >= 0.3 is 0 Å². The monoisotopic (exact) mass is 423 g/mol. The lowest BCUT2D eigenvalue weighted by atomic mass is 9.93. The summed E-state index contributed by atoms with van der Waals surface area (Å²) in [5, 5.41) is 14.5. The molecule has 0 saturated carbocycles. The van der Waals surface area contributed by atoms with Crippen LogP contribution in [0.5, 0.6) is 0 Å². The van der Waals surface area contributed by atoms with Gasteiger partial charge in [-0.3, -0.25) is 14.5 Å². The number of hydrogen-bond acceptors (Lipinski definition) is 6. The number of aliphatic carboxylic acids is 1. The minimum absolute atomic E-state index is 0.0328. The number of carboxylic acids is 1. The number of carbonyl (C=O) groups is 3.